The van der Waals surface area contributed by atoms with E-state index in [0.717, 1.165) is 50.6 Å². The van der Waals surface area contributed by atoms with Crippen molar-refractivity contribution in [1.29, 1.82) is 0 Å². The molecule has 2 aliphatic heterocycles. The lowest BCUT2D eigenvalue weighted by atomic mass is 9.92. The van der Waals surface area contributed by atoms with E-state index in [1.165, 1.54) is 23.3 Å². The number of amides is 1. The molecule has 1 atom stereocenters. The Labute approximate surface area is 164 Å². The van der Waals surface area contributed by atoms with E-state index in [9.17, 15) is 9.59 Å². The molecule has 8 nitrogen and oxygen atoms in total. The van der Waals surface area contributed by atoms with Gasteiger partial charge in [0, 0.05) is 58.0 Å². The lowest BCUT2D eigenvalue weighted by molar-refractivity contribution is -0.137. The third-order valence-corrected chi connectivity index (χ3v) is 6.62. The third kappa shape index (κ3) is 3.18. The molecule has 150 valence electrons. The minimum atomic E-state index is -0.117. The molecule has 0 spiro atoms. The Morgan fingerprint density at radius 2 is 1.96 bits per heavy atom. The van der Waals surface area contributed by atoms with Crippen LogP contribution >= 0.6 is 0 Å². The maximum Gasteiger partial charge on any atom is 0.345 e. The zero-order valence-electron chi connectivity index (χ0n) is 16.5. The zero-order valence-corrected chi connectivity index (χ0v) is 16.5. The third-order valence-electron chi connectivity index (χ3n) is 6.62. The highest BCUT2D eigenvalue weighted by molar-refractivity contribution is 5.79. The van der Waals surface area contributed by atoms with Crippen LogP contribution in [0.5, 0.6) is 0 Å². The van der Waals surface area contributed by atoms with Gasteiger partial charge >= 0.3 is 5.69 Å². The van der Waals surface area contributed by atoms with Gasteiger partial charge in [-0.25, -0.2) is 14.5 Å². The van der Waals surface area contributed by atoms with E-state index in [0.29, 0.717) is 18.9 Å². The fourth-order valence-corrected chi connectivity index (χ4v) is 4.77. The summed E-state index contributed by atoms with van der Waals surface area (Å²) in [6, 6.07) is 0. The first kappa shape index (κ1) is 17.7. The van der Waals surface area contributed by atoms with Crippen molar-refractivity contribution >= 4 is 5.91 Å². The number of likely N-dealkylation sites (tertiary alicyclic amines) is 1. The number of aryl methyl sites for hydroxylation is 2. The maximum absolute atomic E-state index is 13.1. The Morgan fingerprint density at radius 3 is 2.71 bits per heavy atom. The van der Waals surface area contributed by atoms with E-state index < -0.39 is 0 Å². The summed E-state index contributed by atoms with van der Waals surface area (Å²) >= 11 is 0. The lowest BCUT2D eigenvalue weighted by Gasteiger charge is -2.35. The second-order valence-electron chi connectivity index (χ2n) is 8.65. The number of hydrogen-bond donors (Lipinski definition) is 0. The molecular weight excluding hydrogens is 356 g/mol. The van der Waals surface area contributed by atoms with Crippen LogP contribution in [-0.2, 0) is 31.4 Å². The van der Waals surface area contributed by atoms with Gasteiger partial charge in [0.1, 0.15) is 11.6 Å². The molecule has 2 fully saturated rings. The van der Waals surface area contributed by atoms with Crippen molar-refractivity contribution in [2.45, 2.75) is 57.5 Å². The number of imidazole rings is 1. The molecule has 5 rings (SSSR count). The van der Waals surface area contributed by atoms with Crippen molar-refractivity contribution < 1.29 is 4.79 Å². The second kappa shape index (κ2) is 6.90. The highest BCUT2D eigenvalue weighted by atomic mass is 16.2. The minimum Gasteiger partial charge on any atom is -0.342 e. The molecule has 1 amide bonds. The highest BCUT2D eigenvalue weighted by Gasteiger charge is 2.34. The van der Waals surface area contributed by atoms with Gasteiger partial charge in [-0.3, -0.25) is 9.36 Å². The van der Waals surface area contributed by atoms with Gasteiger partial charge in [-0.15, -0.1) is 0 Å². The summed E-state index contributed by atoms with van der Waals surface area (Å²) in [6.07, 6.45) is 10.1. The number of nitrogens with zero attached hydrogens (tertiary/aromatic N) is 6. The van der Waals surface area contributed by atoms with Crippen LogP contribution in [0.3, 0.4) is 0 Å². The van der Waals surface area contributed by atoms with Gasteiger partial charge in [0.25, 0.3) is 0 Å². The SMILES string of the molecule is Cn1nc2n(c1=O)C[C@H](C(=O)N1CCC(c3nccn3CC3CC3)CC1)CC2. The van der Waals surface area contributed by atoms with Crippen LogP contribution in [0.25, 0.3) is 0 Å². The molecule has 0 unspecified atom stereocenters. The minimum absolute atomic E-state index is 0.109. The van der Waals surface area contributed by atoms with E-state index >= 15 is 0 Å². The summed E-state index contributed by atoms with van der Waals surface area (Å²) in [5.41, 5.74) is -0.117. The molecule has 1 aliphatic carbocycles. The van der Waals surface area contributed by atoms with Crippen molar-refractivity contribution in [2.24, 2.45) is 18.9 Å². The summed E-state index contributed by atoms with van der Waals surface area (Å²) in [6.45, 7) is 3.13. The fourth-order valence-electron chi connectivity index (χ4n) is 4.77. The standard InChI is InChI=1S/C20H28N6O2/c1-23-20(28)26-13-16(4-5-17(26)22-23)19(27)24-9-6-15(7-10-24)18-21-8-11-25(18)12-14-2-3-14/h8,11,14-16H,2-7,9-10,12-13H2,1H3/t16-/m1/s1. The fraction of sp³-hybridized carbons (Fsp3) is 0.700. The van der Waals surface area contributed by atoms with E-state index in [-0.39, 0.29) is 17.5 Å². The topological polar surface area (TPSA) is 78.0 Å². The second-order valence-corrected chi connectivity index (χ2v) is 8.65. The van der Waals surface area contributed by atoms with Gasteiger partial charge < -0.3 is 9.47 Å². The van der Waals surface area contributed by atoms with Gasteiger partial charge in [0.2, 0.25) is 5.91 Å². The average Bonchev–Trinajstić information content (AvgIpc) is 3.34. The summed E-state index contributed by atoms with van der Waals surface area (Å²) in [7, 11) is 1.67. The van der Waals surface area contributed by atoms with Gasteiger partial charge in [-0.05, 0) is 38.0 Å². The molecular formula is C20H28N6O2. The first-order valence-electron chi connectivity index (χ1n) is 10.5. The summed E-state index contributed by atoms with van der Waals surface area (Å²) < 4.78 is 5.38. The molecule has 8 heteroatoms. The summed E-state index contributed by atoms with van der Waals surface area (Å²) in [5, 5.41) is 4.26. The predicted octanol–water partition coefficient (Wildman–Crippen LogP) is 1.16. The molecule has 0 radical (unpaired) electrons. The van der Waals surface area contributed by atoms with Gasteiger partial charge in [0.15, 0.2) is 0 Å². The summed E-state index contributed by atoms with van der Waals surface area (Å²) in [5.74, 6) is 3.36. The number of rotatable bonds is 4. The lowest BCUT2D eigenvalue weighted by Crippen LogP contribution is -2.44. The number of aromatic nitrogens is 5. The van der Waals surface area contributed by atoms with Crippen molar-refractivity contribution in [3.8, 4) is 0 Å². The molecule has 28 heavy (non-hydrogen) atoms. The molecule has 3 aliphatic rings. The number of carbonyl (C=O) groups excluding carboxylic acids is 1. The van der Waals surface area contributed by atoms with Crippen molar-refractivity contribution in [1.82, 2.24) is 28.8 Å². The molecule has 1 saturated carbocycles. The number of carbonyl (C=O) groups is 1. The van der Waals surface area contributed by atoms with E-state index in [1.54, 1.807) is 11.6 Å². The Hall–Kier alpha value is -2.38. The number of piperidine rings is 1. The van der Waals surface area contributed by atoms with Crippen molar-refractivity contribution in [3.63, 3.8) is 0 Å². The monoisotopic (exact) mass is 384 g/mol. The molecule has 2 aromatic rings. The van der Waals surface area contributed by atoms with Crippen LogP contribution in [0.4, 0.5) is 0 Å². The van der Waals surface area contributed by atoms with E-state index in [1.807, 2.05) is 11.1 Å². The molecule has 0 N–H and O–H groups in total. The Kier molecular flexibility index (Phi) is 4.36. The largest absolute Gasteiger partial charge is 0.345 e. The van der Waals surface area contributed by atoms with E-state index in [2.05, 4.69) is 20.8 Å². The predicted molar refractivity (Wildman–Crippen MR) is 103 cm³/mol. The van der Waals surface area contributed by atoms with Crippen LogP contribution in [0.2, 0.25) is 0 Å². The number of hydrogen-bond acceptors (Lipinski definition) is 4. The molecule has 0 bridgehead atoms. The van der Waals surface area contributed by atoms with Crippen molar-refractivity contribution in [2.75, 3.05) is 13.1 Å². The van der Waals surface area contributed by atoms with Crippen LogP contribution < -0.4 is 5.69 Å². The Morgan fingerprint density at radius 1 is 1.18 bits per heavy atom. The van der Waals surface area contributed by atoms with Crippen LogP contribution in [0.1, 0.15) is 49.7 Å². The highest BCUT2D eigenvalue weighted by Crippen LogP contribution is 2.33. The average molecular weight is 384 g/mol. The van der Waals surface area contributed by atoms with Crippen LogP contribution in [-0.4, -0.2) is 47.8 Å². The zero-order chi connectivity index (χ0) is 19.3. The first-order chi connectivity index (χ1) is 13.6. The quantitative estimate of drug-likeness (QED) is 0.792. The first-order valence-corrected chi connectivity index (χ1v) is 10.5. The molecule has 1 saturated heterocycles. The Balaban J connectivity index is 1.21. The summed E-state index contributed by atoms with van der Waals surface area (Å²) in [4.78, 5) is 31.9. The normalized spacial score (nSPS) is 23.0. The molecule has 4 heterocycles. The van der Waals surface area contributed by atoms with Gasteiger partial charge in [-0.1, -0.05) is 0 Å². The van der Waals surface area contributed by atoms with Crippen molar-refractivity contribution in [3.05, 3.63) is 34.5 Å². The Bertz CT molecular complexity index is 929. The van der Waals surface area contributed by atoms with Crippen LogP contribution in [0, 0.1) is 11.8 Å². The van der Waals surface area contributed by atoms with Crippen LogP contribution in [0.15, 0.2) is 17.2 Å². The molecule has 0 aromatic carbocycles. The van der Waals surface area contributed by atoms with Gasteiger partial charge in [-0.2, -0.15) is 5.10 Å². The van der Waals surface area contributed by atoms with Gasteiger partial charge in [0.05, 0.1) is 5.92 Å². The molecule has 2 aromatic heterocycles. The smallest absolute Gasteiger partial charge is 0.342 e. The number of fused-ring (bicyclic) bond motifs is 1. The van der Waals surface area contributed by atoms with E-state index in [4.69, 9.17) is 0 Å². The maximum atomic E-state index is 13.1.